The van der Waals surface area contributed by atoms with Gasteiger partial charge < -0.3 is 5.32 Å². The Bertz CT molecular complexity index is 327. The first-order valence-electron chi connectivity index (χ1n) is 4.93. The van der Waals surface area contributed by atoms with Gasteiger partial charge >= 0.3 is 0 Å². The number of alkyl halides is 2. The Kier molecular flexibility index (Phi) is 2.94. The molecular formula is C11H12ClF2N. The molecule has 1 fully saturated rings. The van der Waals surface area contributed by atoms with Gasteiger partial charge in [0.05, 0.1) is 6.54 Å². The molecule has 2 rings (SSSR count). The average molecular weight is 232 g/mol. The SMILES string of the molecule is FC1(F)CCC(c2ccc(Cl)cc2)NC1. The number of benzene rings is 1. The maximum absolute atomic E-state index is 12.9. The molecular weight excluding hydrogens is 220 g/mol. The summed E-state index contributed by atoms with van der Waals surface area (Å²) in [5.41, 5.74) is 1.02. The number of rotatable bonds is 1. The third-order valence-electron chi connectivity index (χ3n) is 2.68. The minimum absolute atomic E-state index is 0.0295. The monoisotopic (exact) mass is 231 g/mol. The van der Waals surface area contributed by atoms with Gasteiger partial charge in [-0.25, -0.2) is 8.78 Å². The molecule has 4 heteroatoms. The molecule has 1 aliphatic rings. The lowest BCUT2D eigenvalue weighted by Gasteiger charge is -2.29. The average Bonchev–Trinajstić information content (AvgIpc) is 2.20. The van der Waals surface area contributed by atoms with E-state index < -0.39 is 5.92 Å². The molecule has 1 heterocycles. The topological polar surface area (TPSA) is 12.0 Å². The van der Waals surface area contributed by atoms with Crippen LogP contribution >= 0.6 is 11.6 Å². The third-order valence-corrected chi connectivity index (χ3v) is 2.93. The molecule has 0 saturated carbocycles. The summed E-state index contributed by atoms with van der Waals surface area (Å²) in [6.45, 7) is -0.236. The molecule has 1 aromatic rings. The highest BCUT2D eigenvalue weighted by atomic mass is 35.5. The van der Waals surface area contributed by atoms with Crippen LogP contribution in [0, 0.1) is 0 Å². The number of piperidine rings is 1. The molecule has 15 heavy (non-hydrogen) atoms. The summed E-state index contributed by atoms with van der Waals surface area (Å²) in [7, 11) is 0. The van der Waals surface area contributed by atoms with Crippen LogP contribution in [0.25, 0.3) is 0 Å². The van der Waals surface area contributed by atoms with Gasteiger partial charge in [0.1, 0.15) is 0 Å². The lowest BCUT2D eigenvalue weighted by atomic mass is 9.96. The lowest BCUT2D eigenvalue weighted by molar-refractivity contribution is -0.0303. The number of hydrogen-bond donors (Lipinski definition) is 1. The maximum Gasteiger partial charge on any atom is 0.260 e. The van der Waals surface area contributed by atoms with Crippen molar-refractivity contribution in [1.29, 1.82) is 0 Å². The standard InChI is InChI=1S/C11H12ClF2N/c12-9-3-1-8(2-4-9)10-5-6-11(13,14)7-15-10/h1-4,10,15H,5-7H2. The summed E-state index contributed by atoms with van der Waals surface area (Å²) in [5.74, 6) is -2.55. The molecule has 0 bridgehead atoms. The number of halogens is 3. The Morgan fingerprint density at radius 1 is 1.27 bits per heavy atom. The second-order valence-corrected chi connectivity index (χ2v) is 4.32. The van der Waals surface area contributed by atoms with E-state index in [-0.39, 0.29) is 19.0 Å². The van der Waals surface area contributed by atoms with Crippen LogP contribution in [0.5, 0.6) is 0 Å². The van der Waals surface area contributed by atoms with Crippen molar-refractivity contribution in [2.75, 3.05) is 6.54 Å². The zero-order chi connectivity index (χ0) is 10.9. The highest BCUT2D eigenvalue weighted by Gasteiger charge is 2.34. The lowest BCUT2D eigenvalue weighted by Crippen LogP contribution is -2.40. The molecule has 0 aromatic heterocycles. The Balaban J connectivity index is 2.04. The van der Waals surface area contributed by atoms with Crippen LogP contribution in [0.4, 0.5) is 8.78 Å². The molecule has 1 aromatic carbocycles. The fourth-order valence-electron chi connectivity index (χ4n) is 1.80. The fourth-order valence-corrected chi connectivity index (χ4v) is 1.92. The van der Waals surface area contributed by atoms with Crippen molar-refractivity contribution in [3.05, 3.63) is 34.9 Å². The Hall–Kier alpha value is -0.670. The van der Waals surface area contributed by atoms with Crippen molar-refractivity contribution in [1.82, 2.24) is 5.32 Å². The van der Waals surface area contributed by atoms with E-state index in [0.717, 1.165) is 5.56 Å². The first-order chi connectivity index (χ1) is 7.07. The van der Waals surface area contributed by atoms with Gasteiger partial charge in [-0.2, -0.15) is 0 Å². The van der Waals surface area contributed by atoms with E-state index >= 15 is 0 Å². The minimum Gasteiger partial charge on any atom is -0.304 e. The van der Waals surface area contributed by atoms with Crippen molar-refractivity contribution in [2.24, 2.45) is 0 Å². The van der Waals surface area contributed by atoms with Crippen LogP contribution in [0.2, 0.25) is 5.02 Å². The smallest absolute Gasteiger partial charge is 0.260 e. The Morgan fingerprint density at radius 3 is 2.47 bits per heavy atom. The quantitative estimate of drug-likeness (QED) is 0.781. The van der Waals surface area contributed by atoms with Gasteiger partial charge in [-0.3, -0.25) is 0 Å². The van der Waals surface area contributed by atoms with Crippen molar-refractivity contribution in [2.45, 2.75) is 24.8 Å². The Labute approximate surface area is 92.4 Å². The number of nitrogens with one attached hydrogen (secondary N) is 1. The zero-order valence-electron chi connectivity index (χ0n) is 8.14. The summed E-state index contributed by atoms with van der Waals surface area (Å²) in [6, 6.07) is 7.35. The first-order valence-corrected chi connectivity index (χ1v) is 5.31. The van der Waals surface area contributed by atoms with E-state index in [1.807, 2.05) is 12.1 Å². The maximum atomic E-state index is 12.9. The van der Waals surface area contributed by atoms with E-state index in [2.05, 4.69) is 5.32 Å². The summed E-state index contributed by atoms with van der Waals surface area (Å²) in [5, 5.41) is 3.52. The van der Waals surface area contributed by atoms with Gasteiger partial charge in [0.25, 0.3) is 5.92 Å². The third kappa shape index (κ3) is 2.67. The highest BCUT2D eigenvalue weighted by Crippen LogP contribution is 2.31. The van der Waals surface area contributed by atoms with Crippen molar-refractivity contribution in [3.63, 3.8) is 0 Å². The Morgan fingerprint density at radius 2 is 1.93 bits per heavy atom. The van der Waals surface area contributed by atoms with Crippen LogP contribution in [0.1, 0.15) is 24.4 Å². The van der Waals surface area contributed by atoms with E-state index in [0.29, 0.717) is 11.4 Å². The van der Waals surface area contributed by atoms with Gasteiger partial charge in [0.2, 0.25) is 0 Å². The fraction of sp³-hybridized carbons (Fsp3) is 0.455. The molecule has 1 unspecified atom stereocenters. The molecule has 1 atom stereocenters. The van der Waals surface area contributed by atoms with Crippen molar-refractivity contribution < 1.29 is 8.78 Å². The second-order valence-electron chi connectivity index (χ2n) is 3.88. The van der Waals surface area contributed by atoms with E-state index in [1.54, 1.807) is 12.1 Å². The minimum atomic E-state index is -2.55. The van der Waals surface area contributed by atoms with E-state index in [1.165, 1.54) is 0 Å². The highest BCUT2D eigenvalue weighted by molar-refractivity contribution is 6.30. The normalized spacial score (nSPS) is 25.1. The zero-order valence-corrected chi connectivity index (χ0v) is 8.90. The summed E-state index contributed by atoms with van der Waals surface area (Å²) in [6.07, 6.45) is 0.419. The summed E-state index contributed by atoms with van der Waals surface area (Å²) < 4.78 is 25.7. The predicted molar refractivity (Wildman–Crippen MR) is 56.4 cm³/mol. The molecule has 0 spiro atoms. The van der Waals surface area contributed by atoms with Crippen LogP contribution in [0.15, 0.2) is 24.3 Å². The molecule has 1 nitrogen and oxygen atoms in total. The van der Waals surface area contributed by atoms with Crippen LogP contribution in [-0.2, 0) is 0 Å². The van der Waals surface area contributed by atoms with Crippen LogP contribution in [0.3, 0.4) is 0 Å². The van der Waals surface area contributed by atoms with Gasteiger partial charge in [-0.1, -0.05) is 23.7 Å². The summed E-state index contributed by atoms with van der Waals surface area (Å²) >= 11 is 5.76. The molecule has 0 amide bonds. The largest absolute Gasteiger partial charge is 0.304 e. The van der Waals surface area contributed by atoms with Crippen LogP contribution in [-0.4, -0.2) is 12.5 Å². The molecule has 82 valence electrons. The molecule has 1 N–H and O–H groups in total. The summed E-state index contributed by atoms with van der Waals surface area (Å²) in [4.78, 5) is 0. The predicted octanol–water partition coefficient (Wildman–Crippen LogP) is 3.40. The second kappa shape index (κ2) is 4.06. The van der Waals surface area contributed by atoms with E-state index in [9.17, 15) is 8.78 Å². The first kappa shape index (κ1) is 10.8. The van der Waals surface area contributed by atoms with Gasteiger partial charge in [-0.15, -0.1) is 0 Å². The molecule has 0 radical (unpaired) electrons. The number of hydrogen-bond acceptors (Lipinski definition) is 1. The van der Waals surface area contributed by atoms with Crippen molar-refractivity contribution >= 4 is 11.6 Å². The molecule has 1 aliphatic heterocycles. The molecule has 0 aliphatic carbocycles. The van der Waals surface area contributed by atoms with Crippen molar-refractivity contribution in [3.8, 4) is 0 Å². The molecule has 1 saturated heterocycles. The van der Waals surface area contributed by atoms with Gasteiger partial charge in [-0.05, 0) is 24.1 Å². The van der Waals surface area contributed by atoms with Crippen LogP contribution < -0.4 is 5.32 Å². The van der Waals surface area contributed by atoms with E-state index in [4.69, 9.17) is 11.6 Å². The van der Waals surface area contributed by atoms with Gasteiger partial charge in [0.15, 0.2) is 0 Å². The van der Waals surface area contributed by atoms with Gasteiger partial charge in [0, 0.05) is 17.5 Å².